The van der Waals surface area contributed by atoms with Crippen LogP contribution in [-0.4, -0.2) is 43.9 Å². The van der Waals surface area contributed by atoms with E-state index in [4.69, 9.17) is 10.8 Å². The molecule has 10 heteroatoms. The van der Waals surface area contributed by atoms with Gasteiger partial charge in [-0.05, 0) is 35.9 Å². The van der Waals surface area contributed by atoms with Crippen molar-refractivity contribution in [3.05, 3.63) is 54.1 Å². The van der Waals surface area contributed by atoms with Gasteiger partial charge < -0.3 is 15.7 Å². The summed E-state index contributed by atoms with van der Waals surface area (Å²) in [7, 11) is -4.09. The summed E-state index contributed by atoms with van der Waals surface area (Å²) in [5, 5.41) is 9.12. The molecule has 2 heterocycles. The Kier molecular flexibility index (Phi) is 4.73. The van der Waals surface area contributed by atoms with E-state index in [0.29, 0.717) is 16.9 Å². The monoisotopic (exact) mass is 429 g/mol. The molecule has 0 saturated carbocycles. The number of carbonyl (C=O) groups excluding carboxylic acids is 2. The molecule has 2 aromatic carbocycles. The molecule has 2 atom stereocenters. The number of amides is 2. The molecule has 1 saturated heterocycles. The predicted octanol–water partition coefficient (Wildman–Crippen LogP) is 0.729. The average Bonchev–Trinajstić information content (AvgIpc) is 3.29. The third kappa shape index (κ3) is 3.18. The second kappa shape index (κ2) is 7.13. The lowest BCUT2D eigenvalue weighted by Gasteiger charge is -2.25. The highest BCUT2D eigenvalue weighted by Crippen LogP contribution is 2.37. The zero-order valence-corrected chi connectivity index (χ0v) is 16.6. The minimum absolute atomic E-state index is 0.0313. The van der Waals surface area contributed by atoms with Gasteiger partial charge in [-0.25, -0.2) is 8.42 Å². The quantitative estimate of drug-likeness (QED) is 0.719. The van der Waals surface area contributed by atoms with Gasteiger partial charge in [-0.2, -0.15) is 0 Å². The van der Waals surface area contributed by atoms with E-state index in [1.165, 1.54) is 29.2 Å². The molecule has 2 aliphatic heterocycles. The van der Waals surface area contributed by atoms with Crippen LogP contribution in [0.25, 0.3) is 0 Å². The van der Waals surface area contributed by atoms with Crippen LogP contribution >= 0.6 is 0 Å². The predicted molar refractivity (Wildman–Crippen MR) is 107 cm³/mol. The minimum atomic E-state index is -4.09. The number of nitrogens with two attached hydrogens (primary N) is 1. The summed E-state index contributed by atoms with van der Waals surface area (Å²) in [5.74, 6) is -2.91. The first kappa shape index (κ1) is 19.9. The van der Waals surface area contributed by atoms with Crippen molar-refractivity contribution in [2.75, 3.05) is 15.7 Å². The molecule has 0 radical (unpaired) electrons. The number of aliphatic carboxylic acids is 1. The van der Waals surface area contributed by atoms with Crippen LogP contribution in [0.2, 0.25) is 0 Å². The number of nitrogens with zero attached hydrogens (tertiary/aromatic N) is 2. The largest absolute Gasteiger partial charge is 0.481 e. The molecule has 0 spiro atoms. The smallest absolute Gasteiger partial charge is 0.308 e. The maximum atomic E-state index is 13.3. The first-order chi connectivity index (χ1) is 14.2. The van der Waals surface area contributed by atoms with Gasteiger partial charge in [0.05, 0.1) is 16.5 Å². The molecule has 4 rings (SSSR count). The Morgan fingerprint density at radius 3 is 2.30 bits per heavy atom. The van der Waals surface area contributed by atoms with E-state index in [9.17, 15) is 22.8 Å². The van der Waals surface area contributed by atoms with Gasteiger partial charge in [0.15, 0.2) is 0 Å². The number of fused-ring (bicyclic) bond motifs is 1. The molecular formula is C20H19N3O6S. The number of carboxylic acids is 1. The molecule has 2 amide bonds. The van der Waals surface area contributed by atoms with Crippen molar-refractivity contribution in [3.63, 3.8) is 0 Å². The number of primary amides is 1. The topological polar surface area (TPSA) is 138 Å². The van der Waals surface area contributed by atoms with Gasteiger partial charge in [-0.15, -0.1) is 0 Å². The highest BCUT2D eigenvalue weighted by molar-refractivity contribution is 7.93. The normalized spacial score (nSPS) is 21.0. The molecule has 9 nitrogen and oxygen atoms in total. The standard InChI is InChI=1S/C20H19N3O6S/c21-19(25)17-9-12-3-1-2-4-16(12)23(17)30(28,29)15-7-5-14(6-8-15)22-11-13(20(26)27)10-18(22)24/h1-8,13,17H,9-11H2,(H2,21,25)(H,26,27)/t13?,17-/m0/s1. The van der Waals surface area contributed by atoms with Gasteiger partial charge in [0.25, 0.3) is 10.0 Å². The molecule has 1 fully saturated rings. The summed E-state index contributed by atoms with van der Waals surface area (Å²) in [6.07, 6.45) is 0.0991. The van der Waals surface area contributed by atoms with Gasteiger partial charge in [0.1, 0.15) is 6.04 Å². The van der Waals surface area contributed by atoms with Crippen molar-refractivity contribution < 1.29 is 27.9 Å². The lowest BCUT2D eigenvalue weighted by Crippen LogP contribution is -2.45. The molecule has 156 valence electrons. The summed E-state index contributed by atoms with van der Waals surface area (Å²) >= 11 is 0. The number of hydrogen-bond donors (Lipinski definition) is 2. The fraction of sp³-hybridized carbons (Fsp3) is 0.250. The van der Waals surface area contributed by atoms with Gasteiger partial charge in [0.2, 0.25) is 11.8 Å². The number of para-hydroxylation sites is 1. The van der Waals surface area contributed by atoms with Crippen LogP contribution in [0.15, 0.2) is 53.4 Å². The van der Waals surface area contributed by atoms with Crippen LogP contribution in [0.3, 0.4) is 0 Å². The number of carboxylic acid groups (broad SMARTS) is 1. The van der Waals surface area contributed by atoms with E-state index in [2.05, 4.69) is 0 Å². The highest BCUT2D eigenvalue weighted by atomic mass is 32.2. The molecule has 0 aromatic heterocycles. The van der Waals surface area contributed by atoms with Crippen LogP contribution in [0, 0.1) is 5.92 Å². The van der Waals surface area contributed by atoms with Crippen molar-refractivity contribution >= 4 is 39.2 Å². The maximum Gasteiger partial charge on any atom is 0.308 e. The first-order valence-corrected chi connectivity index (χ1v) is 10.7. The van der Waals surface area contributed by atoms with Crippen LogP contribution < -0.4 is 14.9 Å². The maximum absolute atomic E-state index is 13.3. The number of carbonyl (C=O) groups is 3. The van der Waals surface area contributed by atoms with Gasteiger partial charge in [-0.1, -0.05) is 18.2 Å². The SMILES string of the molecule is NC(=O)[C@@H]1Cc2ccccc2N1S(=O)(=O)c1ccc(N2CC(C(=O)O)CC2=O)cc1. The van der Waals surface area contributed by atoms with E-state index in [1.807, 2.05) is 0 Å². The number of hydrogen-bond acceptors (Lipinski definition) is 5. The third-order valence-corrected chi connectivity index (χ3v) is 7.27. The summed E-state index contributed by atoms with van der Waals surface area (Å²) in [4.78, 5) is 36.5. The number of anilines is 2. The highest BCUT2D eigenvalue weighted by Gasteiger charge is 2.41. The van der Waals surface area contributed by atoms with Crippen LogP contribution in [0.4, 0.5) is 11.4 Å². The Morgan fingerprint density at radius 2 is 1.70 bits per heavy atom. The van der Waals surface area contributed by atoms with Crippen LogP contribution in [-0.2, 0) is 30.8 Å². The van der Waals surface area contributed by atoms with Crippen molar-refractivity contribution in [1.82, 2.24) is 0 Å². The van der Waals surface area contributed by atoms with Gasteiger partial charge in [-0.3, -0.25) is 18.7 Å². The fourth-order valence-electron chi connectivity index (χ4n) is 3.90. The van der Waals surface area contributed by atoms with E-state index < -0.39 is 33.9 Å². The Labute approximate surface area is 172 Å². The van der Waals surface area contributed by atoms with Crippen molar-refractivity contribution in [2.45, 2.75) is 23.8 Å². The summed E-state index contributed by atoms with van der Waals surface area (Å²) in [5.41, 5.74) is 7.00. The Bertz CT molecular complexity index is 1150. The molecule has 3 N–H and O–H groups in total. The molecule has 2 aliphatic rings. The second-order valence-electron chi connectivity index (χ2n) is 7.29. The summed E-state index contributed by atoms with van der Waals surface area (Å²) < 4.78 is 27.7. The molecule has 1 unspecified atom stereocenters. The lowest BCUT2D eigenvalue weighted by atomic mass is 10.1. The van der Waals surface area contributed by atoms with Crippen molar-refractivity contribution in [3.8, 4) is 0 Å². The Hall–Kier alpha value is -3.40. The fourth-order valence-corrected chi connectivity index (χ4v) is 5.56. The second-order valence-corrected chi connectivity index (χ2v) is 9.10. The third-order valence-electron chi connectivity index (χ3n) is 5.43. The van der Waals surface area contributed by atoms with Crippen molar-refractivity contribution in [1.29, 1.82) is 0 Å². The Morgan fingerprint density at radius 1 is 1.03 bits per heavy atom. The van der Waals surface area contributed by atoms with Crippen molar-refractivity contribution in [2.24, 2.45) is 11.7 Å². The first-order valence-electron chi connectivity index (χ1n) is 9.25. The summed E-state index contributed by atoms with van der Waals surface area (Å²) in [6, 6.07) is 11.4. The van der Waals surface area contributed by atoms with E-state index >= 15 is 0 Å². The van der Waals surface area contributed by atoms with Gasteiger partial charge >= 0.3 is 5.97 Å². The van der Waals surface area contributed by atoms with E-state index in [-0.39, 0.29) is 30.2 Å². The number of rotatable bonds is 5. The molecule has 30 heavy (non-hydrogen) atoms. The molecule has 0 aliphatic carbocycles. The number of sulfonamides is 1. The van der Waals surface area contributed by atoms with Crippen LogP contribution in [0.5, 0.6) is 0 Å². The Balaban J connectivity index is 1.66. The molecule has 0 bridgehead atoms. The zero-order chi connectivity index (χ0) is 21.6. The van der Waals surface area contributed by atoms with Gasteiger partial charge in [0, 0.05) is 25.1 Å². The van der Waals surface area contributed by atoms with Crippen LogP contribution in [0.1, 0.15) is 12.0 Å². The molecule has 2 aromatic rings. The average molecular weight is 429 g/mol. The van der Waals surface area contributed by atoms with E-state index in [1.54, 1.807) is 24.3 Å². The summed E-state index contributed by atoms with van der Waals surface area (Å²) in [6.45, 7) is 0.0313. The minimum Gasteiger partial charge on any atom is -0.481 e. The number of benzene rings is 2. The lowest BCUT2D eigenvalue weighted by molar-refractivity contribution is -0.141. The zero-order valence-electron chi connectivity index (χ0n) is 15.8. The van der Waals surface area contributed by atoms with E-state index in [0.717, 1.165) is 4.31 Å². The molecular weight excluding hydrogens is 410 g/mol.